The summed E-state index contributed by atoms with van der Waals surface area (Å²) >= 11 is 0. The molecule has 0 bridgehead atoms. The van der Waals surface area contributed by atoms with Crippen LogP contribution in [0.3, 0.4) is 0 Å². The molecule has 0 fully saturated rings. The molecule has 1 heterocycles. The van der Waals surface area contributed by atoms with Crippen LogP contribution in [0.1, 0.15) is 39.6 Å². The highest BCUT2D eigenvalue weighted by molar-refractivity contribution is 6.04. The van der Waals surface area contributed by atoms with Gasteiger partial charge < -0.3 is 20.1 Å². The summed E-state index contributed by atoms with van der Waals surface area (Å²) in [4.78, 5) is 66.0. The van der Waals surface area contributed by atoms with Crippen LogP contribution in [0.4, 0.5) is 11.5 Å². The number of amides is 1. The smallest absolute Gasteiger partial charge is 0.339 e. The average Bonchev–Trinajstić information content (AvgIpc) is 2.89. The van der Waals surface area contributed by atoms with Gasteiger partial charge in [-0.15, -0.1) is 0 Å². The first-order chi connectivity index (χ1) is 17.3. The molecule has 0 saturated carbocycles. The number of aromatic nitrogens is 2. The zero-order chi connectivity index (χ0) is 26.2. The van der Waals surface area contributed by atoms with Crippen LogP contribution in [0.2, 0.25) is 0 Å². The molecule has 0 unspecified atom stereocenters. The number of esters is 2. The van der Waals surface area contributed by atoms with Crippen molar-refractivity contribution in [3.05, 3.63) is 92.1 Å². The van der Waals surface area contributed by atoms with E-state index in [1.807, 2.05) is 6.07 Å². The van der Waals surface area contributed by atoms with Gasteiger partial charge in [0.25, 0.3) is 11.5 Å². The maximum absolute atomic E-state index is 13.1. The maximum atomic E-state index is 13.1. The van der Waals surface area contributed by atoms with Crippen LogP contribution < -0.4 is 21.9 Å². The molecule has 3 rings (SSSR count). The van der Waals surface area contributed by atoms with Gasteiger partial charge in [0, 0.05) is 6.54 Å². The predicted octanol–water partition coefficient (Wildman–Crippen LogP) is 1.55. The zero-order valence-electron chi connectivity index (χ0n) is 19.9. The fourth-order valence-electron chi connectivity index (χ4n) is 3.58. The molecule has 3 aromatic rings. The summed E-state index contributed by atoms with van der Waals surface area (Å²) in [5, 5.41) is 0. The van der Waals surface area contributed by atoms with Crippen LogP contribution in [-0.4, -0.2) is 47.7 Å². The summed E-state index contributed by atoms with van der Waals surface area (Å²) in [5.41, 5.74) is 5.09. The van der Waals surface area contributed by atoms with Gasteiger partial charge in [0.15, 0.2) is 12.3 Å². The number of anilines is 2. The van der Waals surface area contributed by atoms with E-state index in [-0.39, 0.29) is 35.7 Å². The van der Waals surface area contributed by atoms with Gasteiger partial charge in [-0.2, -0.15) is 0 Å². The fourth-order valence-corrected chi connectivity index (χ4v) is 3.58. The van der Waals surface area contributed by atoms with E-state index < -0.39 is 35.7 Å². The van der Waals surface area contributed by atoms with Crippen molar-refractivity contribution < 1.29 is 23.9 Å². The van der Waals surface area contributed by atoms with Gasteiger partial charge in [-0.25, -0.2) is 14.4 Å². The molecular weight excluding hydrogens is 468 g/mol. The highest BCUT2D eigenvalue weighted by Gasteiger charge is 2.26. The molecule has 3 N–H and O–H groups in total. The summed E-state index contributed by atoms with van der Waals surface area (Å²) in [6, 6.07) is 14.8. The number of nitrogen functional groups attached to an aromatic ring is 1. The predicted molar refractivity (Wildman–Crippen MR) is 132 cm³/mol. The summed E-state index contributed by atoms with van der Waals surface area (Å²) < 4.78 is 11.0. The number of hydrogen-bond acceptors (Lipinski definition) is 8. The lowest BCUT2D eigenvalue weighted by atomic mass is 10.1. The van der Waals surface area contributed by atoms with E-state index in [9.17, 15) is 24.0 Å². The minimum Gasteiger partial charge on any atom is -0.465 e. The summed E-state index contributed by atoms with van der Waals surface area (Å²) in [6.07, 6.45) is 0.446. The first-order valence-corrected chi connectivity index (χ1v) is 11.1. The quantitative estimate of drug-likeness (QED) is 0.425. The summed E-state index contributed by atoms with van der Waals surface area (Å²) in [7, 11) is 1.18. The third-order valence-electron chi connectivity index (χ3n) is 5.29. The van der Waals surface area contributed by atoms with E-state index in [0.29, 0.717) is 6.42 Å². The molecule has 188 valence electrons. The van der Waals surface area contributed by atoms with Crippen molar-refractivity contribution in [3.63, 3.8) is 0 Å². The normalized spacial score (nSPS) is 10.5. The number of hydrogen-bond donors (Lipinski definition) is 2. The van der Waals surface area contributed by atoms with Crippen molar-refractivity contribution in [1.82, 2.24) is 9.55 Å². The molecular formula is C25H26N4O7. The van der Waals surface area contributed by atoms with Crippen molar-refractivity contribution in [2.24, 2.45) is 0 Å². The molecule has 0 saturated heterocycles. The molecule has 11 nitrogen and oxygen atoms in total. The van der Waals surface area contributed by atoms with Crippen LogP contribution in [0, 0.1) is 0 Å². The van der Waals surface area contributed by atoms with Gasteiger partial charge in [-0.05, 0) is 24.1 Å². The number of rotatable bonds is 9. The number of nitrogens with two attached hydrogens (primary N) is 1. The van der Waals surface area contributed by atoms with E-state index in [4.69, 9.17) is 10.5 Å². The molecule has 1 amide bonds. The van der Waals surface area contributed by atoms with E-state index >= 15 is 0 Å². The lowest BCUT2D eigenvalue weighted by Crippen LogP contribution is -2.43. The molecule has 1 aromatic heterocycles. The van der Waals surface area contributed by atoms with E-state index in [0.717, 1.165) is 15.0 Å². The molecule has 0 aliphatic heterocycles. The van der Waals surface area contributed by atoms with Gasteiger partial charge in [0.2, 0.25) is 0 Å². The number of aromatic amines is 1. The van der Waals surface area contributed by atoms with Crippen LogP contribution in [0.5, 0.6) is 0 Å². The van der Waals surface area contributed by atoms with E-state index in [1.54, 1.807) is 37.3 Å². The fraction of sp³-hybridized carbons (Fsp3) is 0.240. The molecule has 2 aromatic carbocycles. The Morgan fingerprint density at radius 2 is 1.58 bits per heavy atom. The number of nitrogens with one attached hydrogen (secondary N) is 1. The Morgan fingerprint density at radius 3 is 2.19 bits per heavy atom. The lowest BCUT2D eigenvalue weighted by molar-refractivity contribution is -0.121. The Kier molecular flexibility index (Phi) is 8.39. The second-order valence-corrected chi connectivity index (χ2v) is 7.72. The van der Waals surface area contributed by atoms with Gasteiger partial charge in [0.05, 0.1) is 24.8 Å². The van der Waals surface area contributed by atoms with Gasteiger partial charge in [-0.1, -0.05) is 49.4 Å². The maximum Gasteiger partial charge on any atom is 0.339 e. The minimum atomic E-state index is -0.920. The number of benzene rings is 2. The lowest BCUT2D eigenvalue weighted by Gasteiger charge is -2.24. The Hall–Kier alpha value is -4.67. The molecule has 11 heteroatoms. The highest BCUT2D eigenvalue weighted by atomic mass is 16.5. The first kappa shape index (κ1) is 25.9. The SMILES string of the molecule is CCCN(C(=O)COC(=O)c1ccccc1C(=O)OC)c1c(N)n(Cc2ccccc2)c(=O)[nH]c1=O. The van der Waals surface area contributed by atoms with Gasteiger partial charge >= 0.3 is 17.6 Å². The van der Waals surface area contributed by atoms with Crippen LogP contribution in [0.25, 0.3) is 0 Å². The summed E-state index contributed by atoms with van der Waals surface area (Å²) in [5.74, 6) is -2.59. The van der Waals surface area contributed by atoms with Crippen molar-refractivity contribution in [2.75, 3.05) is 30.9 Å². The third-order valence-corrected chi connectivity index (χ3v) is 5.29. The third kappa shape index (κ3) is 5.69. The Bertz CT molecular complexity index is 1380. The molecule has 0 radical (unpaired) electrons. The van der Waals surface area contributed by atoms with Crippen LogP contribution in [0.15, 0.2) is 64.2 Å². The minimum absolute atomic E-state index is 0.0171. The standard InChI is InChI=1S/C25H26N4O7/c1-3-13-28(19(30)15-36-24(33)18-12-8-7-11-17(18)23(32)35-2)20-21(26)29(25(34)27-22(20)31)14-16-9-5-4-6-10-16/h4-12H,3,13-15,26H2,1-2H3,(H,27,31,34). The van der Waals surface area contributed by atoms with Crippen LogP contribution >= 0.6 is 0 Å². The van der Waals surface area contributed by atoms with Crippen molar-refractivity contribution in [2.45, 2.75) is 19.9 Å². The average molecular weight is 495 g/mol. The van der Waals surface area contributed by atoms with Gasteiger partial charge in [-0.3, -0.25) is 19.1 Å². The molecule has 0 atom stereocenters. The number of ether oxygens (including phenoxy) is 2. The topological polar surface area (TPSA) is 154 Å². The van der Waals surface area contributed by atoms with E-state index in [1.165, 1.54) is 25.3 Å². The first-order valence-electron chi connectivity index (χ1n) is 11.1. The number of carbonyl (C=O) groups excluding carboxylic acids is 3. The number of H-pyrrole nitrogens is 1. The molecule has 0 aliphatic rings. The van der Waals surface area contributed by atoms with Crippen LogP contribution in [-0.2, 0) is 20.8 Å². The zero-order valence-corrected chi connectivity index (χ0v) is 19.9. The van der Waals surface area contributed by atoms with Gasteiger partial charge in [0.1, 0.15) is 5.82 Å². The second-order valence-electron chi connectivity index (χ2n) is 7.72. The second kappa shape index (κ2) is 11.6. The van der Waals surface area contributed by atoms with Crippen molar-refractivity contribution in [3.8, 4) is 0 Å². The molecule has 36 heavy (non-hydrogen) atoms. The number of methoxy groups -OCH3 is 1. The monoisotopic (exact) mass is 494 g/mol. The number of nitrogens with zero attached hydrogens (tertiary/aromatic N) is 2. The Balaban J connectivity index is 1.88. The Morgan fingerprint density at radius 1 is 0.972 bits per heavy atom. The molecule has 0 spiro atoms. The van der Waals surface area contributed by atoms with Crippen molar-refractivity contribution >= 4 is 29.4 Å². The molecule has 0 aliphatic carbocycles. The largest absolute Gasteiger partial charge is 0.465 e. The van der Waals surface area contributed by atoms with E-state index in [2.05, 4.69) is 9.72 Å². The Labute approximate surface area is 206 Å². The summed E-state index contributed by atoms with van der Waals surface area (Å²) in [6.45, 7) is 1.20. The van der Waals surface area contributed by atoms with Crippen molar-refractivity contribution in [1.29, 1.82) is 0 Å². The number of carbonyl (C=O) groups is 3. The highest BCUT2D eigenvalue weighted by Crippen LogP contribution is 2.19.